The second-order valence-corrected chi connectivity index (χ2v) is 3.77. The Morgan fingerprint density at radius 3 is 2.30 bits per heavy atom. The van der Waals surface area contributed by atoms with Crippen molar-refractivity contribution in [3.05, 3.63) is 11.4 Å². The zero-order valence-electron chi connectivity index (χ0n) is 6.66. The summed E-state index contributed by atoms with van der Waals surface area (Å²) in [6, 6.07) is 0. The lowest BCUT2D eigenvalue weighted by Gasteiger charge is -1.96. The van der Waals surface area contributed by atoms with Crippen molar-refractivity contribution in [2.45, 2.75) is 27.2 Å². The summed E-state index contributed by atoms with van der Waals surface area (Å²) < 4.78 is 10.5. The van der Waals surface area contributed by atoms with E-state index in [-0.39, 0.29) is 0 Å². The Balaban J connectivity index is 3.99. The van der Waals surface area contributed by atoms with Gasteiger partial charge in [0.25, 0.3) is 0 Å². The van der Waals surface area contributed by atoms with Crippen LogP contribution >= 0.6 is 8.03 Å². The third kappa shape index (κ3) is 3.76. The highest BCUT2D eigenvalue weighted by Crippen LogP contribution is 2.31. The van der Waals surface area contributed by atoms with Crippen LogP contribution in [0.15, 0.2) is 11.4 Å². The molecule has 3 heteroatoms. The van der Waals surface area contributed by atoms with E-state index in [9.17, 15) is 4.57 Å². The summed E-state index contributed by atoms with van der Waals surface area (Å²) in [7, 11) is -2.09. The van der Waals surface area contributed by atoms with Gasteiger partial charge in [-0.15, -0.1) is 0 Å². The third-order valence-electron chi connectivity index (χ3n) is 1.20. The average molecular weight is 161 g/mol. The van der Waals surface area contributed by atoms with Crippen molar-refractivity contribution in [1.82, 2.24) is 0 Å². The first-order chi connectivity index (χ1) is 4.57. The van der Waals surface area contributed by atoms with Gasteiger partial charge in [0.2, 0.25) is 0 Å². The molecule has 0 bridgehead atoms. The monoisotopic (exact) mass is 161 g/mol. The van der Waals surface area contributed by atoms with Crippen molar-refractivity contribution in [2.75, 3.05) is 0 Å². The molecular weight excluding hydrogens is 147 g/mol. The molecule has 0 aliphatic carbocycles. The molecule has 1 atom stereocenters. The Bertz CT molecular complexity index is 150. The van der Waals surface area contributed by atoms with Gasteiger partial charge in [-0.3, -0.25) is 0 Å². The summed E-state index contributed by atoms with van der Waals surface area (Å²) in [5.74, 6) is 0.456. The van der Waals surface area contributed by atoms with Gasteiger partial charge >= 0.3 is 8.03 Å². The van der Waals surface area contributed by atoms with Gasteiger partial charge in [-0.25, -0.2) is 0 Å². The summed E-state index contributed by atoms with van der Waals surface area (Å²) in [4.78, 5) is 8.70. The molecule has 58 valence electrons. The van der Waals surface area contributed by atoms with Gasteiger partial charge in [0.15, 0.2) is 5.31 Å². The maximum absolute atomic E-state index is 10.5. The molecule has 0 aliphatic rings. The fourth-order valence-electron chi connectivity index (χ4n) is 0.725. The topological polar surface area (TPSA) is 37.3 Å². The van der Waals surface area contributed by atoms with E-state index in [0.717, 1.165) is 6.42 Å². The van der Waals surface area contributed by atoms with E-state index in [1.54, 1.807) is 13.0 Å². The Kier molecular flexibility index (Phi) is 4.50. The van der Waals surface area contributed by atoms with Gasteiger partial charge in [0, 0.05) is 6.42 Å². The number of hydrogen-bond donors (Lipinski definition) is 1. The van der Waals surface area contributed by atoms with Crippen LogP contribution in [-0.2, 0) is 4.57 Å². The lowest BCUT2D eigenvalue weighted by molar-refractivity contribution is 0.504. The van der Waals surface area contributed by atoms with Gasteiger partial charge in [0.1, 0.15) is 0 Å². The van der Waals surface area contributed by atoms with E-state index in [2.05, 4.69) is 0 Å². The second-order valence-electron chi connectivity index (χ2n) is 2.65. The molecular formula is C7H14O2P+. The van der Waals surface area contributed by atoms with E-state index < -0.39 is 8.03 Å². The summed E-state index contributed by atoms with van der Waals surface area (Å²) in [5.41, 5.74) is 0. The summed E-state index contributed by atoms with van der Waals surface area (Å²) in [6.45, 7) is 5.85. The van der Waals surface area contributed by atoms with Gasteiger partial charge in [-0.1, -0.05) is 13.8 Å². The predicted molar refractivity (Wildman–Crippen MR) is 43.0 cm³/mol. The molecule has 10 heavy (non-hydrogen) atoms. The highest BCUT2D eigenvalue weighted by molar-refractivity contribution is 7.43. The van der Waals surface area contributed by atoms with E-state index in [4.69, 9.17) is 4.89 Å². The largest absolute Gasteiger partial charge is 0.541 e. The number of hydrogen-bond acceptors (Lipinski definition) is 1. The van der Waals surface area contributed by atoms with E-state index in [0.29, 0.717) is 11.2 Å². The molecule has 0 aromatic carbocycles. The Morgan fingerprint density at radius 2 is 2.20 bits per heavy atom. The fraction of sp³-hybridized carbons (Fsp3) is 0.714. The Labute approximate surface area is 62.8 Å². The molecule has 1 unspecified atom stereocenters. The van der Waals surface area contributed by atoms with Crippen molar-refractivity contribution >= 4 is 8.03 Å². The molecule has 1 N–H and O–H groups in total. The van der Waals surface area contributed by atoms with Crippen LogP contribution in [0.3, 0.4) is 0 Å². The first-order valence-electron chi connectivity index (χ1n) is 3.39. The third-order valence-corrected chi connectivity index (χ3v) is 2.13. The van der Waals surface area contributed by atoms with Crippen LogP contribution in [0.4, 0.5) is 0 Å². The summed E-state index contributed by atoms with van der Waals surface area (Å²) in [5, 5.41) is 0.657. The molecule has 0 aliphatic heterocycles. The molecule has 0 aromatic heterocycles. The van der Waals surface area contributed by atoms with Crippen LogP contribution in [0.1, 0.15) is 27.2 Å². The number of allylic oxidation sites excluding steroid dienone is 2. The maximum atomic E-state index is 10.5. The highest BCUT2D eigenvalue weighted by Gasteiger charge is 2.19. The molecule has 0 amide bonds. The minimum Gasteiger partial charge on any atom is -0.156 e. The molecule has 2 nitrogen and oxygen atoms in total. The average Bonchev–Trinajstić information content (AvgIpc) is 1.81. The van der Waals surface area contributed by atoms with E-state index in [1.807, 2.05) is 13.8 Å². The first kappa shape index (κ1) is 9.80. The fourth-order valence-corrected chi connectivity index (χ4v) is 1.47. The zero-order valence-corrected chi connectivity index (χ0v) is 7.56. The van der Waals surface area contributed by atoms with Crippen LogP contribution in [-0.4, -0.2) is 4.89 Å². The standard InChI is InChI=1S/C7H13O2P/c1-4-7(10(8)9)5-6(2)3/h4,6H,5H2,1-3H3/p+1. The van der Waals surface area contributed by atoms with Gasteiger partial charge < -0.3 is 0 Å². The minimum absolute atomic E-state index is 0.456. The van der Waals surface area contributed by atoms with Gasteiger partial charge in [-0.2, -0.15) is 4.89 Å². The van der Waals surface area contributed by atoms with Gasteiger partial charge in [-0.05, 0) is 23.5 Å². The van der Waals surface area contributed by atoms with Crippen LogP contribution in [0.5, 0.6) is 0 Å². The van der Waals surface area contributed by atoms with Crippen molar-refractivity contribution < 1.29 is 9.46 Å². The lowest BCUT2D eigenvalue weighted by atomic mass is 10.1. The molecule has 0 saturated carbocycles. The normalized spacial score (nSPS) is 14.1. The molecule has 0 fully saturated rings. The predicted octanol–water partition coefficient (Wildman–Crippen LogP) is 2.67. The molecule has 0 aromatic rings. The van der Waals surface area contributed by atoms with E-state index >= 15 is 0 Å². The van der Waals surface area contributed by atoms with Crippen molar-refractivity contribution in [2.24, 2.45) is 5.92 Å². The molecule has 0 saturated heterocycles. The zero-order chi connectivity index (χ0) is 8.15. The quantitative estimate of drug-likeness (QED) is 0.646. The van der Waals surface area contributed by atoms with Crippen molar-refractivity contribution in [3.63, 3.8) is 0 Å². The molecule has 0 radical (unpaired) electrons. The maximum Gasteiger partial charge on any atom is 0.541 e. The highest BCUT2D eigenvalue weighted by atomic mass is 31.1. The van der Waals surface area contributed by atoms with Crippen LogP contribution in [0.2, 0.25) is 0 Å². The minimum atomic E-state index is -2.09. The van der Waals surface area contributed by atoms with Crippen LogP contribution < -0.4 is 0 Å². The second kappa shape index (κ2) is 4.59. The lowest BCUT2D eigenvalue weighted by Crippen LogP contribution is -1.87. The van der Waals surface area contributed by atoms with Gasteiger partial charge in [0.05, 0.1) is 0 Å². The molecule has 0 spiro atoms. The summed E-state index contributed by atoms with van der Waals surface area (Å²) in [6.07, 6.45) is 2.45. The van der Waals surface area contributed by atoms with Crippen LogP contribution in [0, 0.1) is 5.92 Å². The van der Waals surface area contributed by atoms with E-state index in [1.165, 1.54) is 0 Å². The summed E-state index contributed by atoms with van der Waals surface area (Å²) >= 11 is 0. The number of rotatable bonds is 3. The molecule has 0 rings (SSSR count). The van der Waals surface area contributed by atoms with Crippen molar-refractivity contribution in [3.8, 4) is 0 Å². The van der Waals surface area contributed by atoms with Crippen molar-refractivity contribution in [1.29, 1.82) is 0 Å². The van der Waals surface area contributed by atoms with Crippen LogP contribution in [0.25, 0.3) is 0 Å². The SMILES string of the molecule is CC=C(CC(C)C)[P+](=O)O. The smallest absolute Gasteiger partial charge is 0.156 e. The first-order valence-corrected chi connectivity index (χ1v) is 4.60. The Hall–Kier alpha value is -0.200. The Morgan fingerprint density at radius 1 is 1.70 bits per heavy atom. The molecule has 0 heterocycles.